The molecule has 156 valence electrons. The number of anilines is 1. The number of ether oxygens (including phenoxy) is 2. The minimum atomic E-state index is -2.94. The Labute approximate surface area is 169 Å². The highest BCUT2D eigenvalue weighted by atomic mass is 19.3. The fourth-order valence-corrected chi connectivity index (χ4v) is 2.56. The molecule has 1 N–H and O–H groups in total. The van der Waals surface area contributed by atoms with Gasteiger partial charge in [-0.1, -0.05) is 12.1 Å². The van der Waals surface area contributed by atoms with Gasteiger partial charge in [0.15, 0.2) is 18.2 Å². The molecule has 2 aromatic carbocycles. The number of aryl methyl sites for hydroxylation is 1. The molecular weight excluding hydrogens is 402 g/mol. The summed E-state index contributed by atoms with van der Waals surface area (Å²) in [5.41, 5.74) is 0.832. The number of hydrogen-bond acceptors (Lipinski definition) is 6. The zero-order valence-electron chi connectivity index (χ0n) is 15.6. The van der Waals surface area contributed by atoms with Crippen LogP contribution in [0.2, 0.25) is 0 Å². The number of nitrogens with zero attached hydrogens (tertiary/aromatic N) is 3. The van der Waals surface area contributed by atoms with E-state index in [4.69, 9.17) is 4.74 Å². The molecule has 0 unspecified atom stereocenters. The highest BCUT2D eigenvalue weighted by Crippen LogP contribution is 2.26. The molecule has 0 aliphatic heterocycles. The van der Waals surface area contributed by atoms with Crippen molar-refractivity contribution in [2.75, 3.05) is 5.32 Å². The lowest BCUT2D eigenvalue weighted by Gasteiger charge is -2.10. The maximum absolute atomic E-state index is 12.4. The van der Waals surface area contributed by atoms with Gasteiger partial charge in [0.25, 0.3) is 5.91 Å². The summed E-state index contributed by atoms with van der Waals surface area (Å²) in [6.07, 6.45) is 1.48. The Hall–Kier alpha value is -4.02. The number of alkyl halides is 2. The van der Waals surface area contributed by atoms with Gasteiger partial charge in [-0.25, -0.2) is 4.68 Å². The molecule has 1 heterocycles. The summed E-state index contributed by atoms with van der Waals surface area (Å²) in [6.45, 7) is -1.45. The van der Waals surface area contributed by atoms with Gasteiger partial charge in [0, 0.05) is 18.0 Å². The largest absolute Gasteiger partial charge is 0.464 e. The third-order valence-corrected chi connectivity index (χ3v) is 3.96. The number of para-hydroxylation sites is 2. The molecule has 0 bridgehead atoms. The molecule has 0 aliphatic rings. The molecule has 0 spiro atoms. The molecule has 0 radical (unpaired) electrons. The first-order chi connectivity index (χ1) is 14.3. The number of nitro groups is 1. The second kappa shape index (κ2) is 8.99. The number of benzene rings is 2. The van der Waals surface area contributed by atoms with Crippen molar-refractivity contribution in [2.45, 2.75) is 20.3 Å². The van der Waals surface area contributed by atoms with E-state index in [-0.39, 0.29) is 29.6 Å². The summed E-state index contributed by atoms with van der Waals surface area (Å²) >= 11 is 0. The Kier molecular flexibility index (Phi) is 6.20. The number of hydrogen-bond donors (Lipinski definition) is 1. The van der Waals surface area contributed by atoms with E-state index in [0.717, 1.165) is 0 Å². The molecule has 1 aromatic heterocycles. The predicted molar refractivity (Wildman–Crippen MR) is 102 cm³/mol. The van der Waals surface area contributed by atoms with Crippen molar-refractivity contribution in [3.8, 4) is 11.5 Å². The molecule has 0 aliphatic carbocycles. The molecule has 11 heteroatoms. The minimum absolute atomic E-state index is 0.0167. The summed E-state index contributed by atoms with van der Waals surface area (Å²) in [4.78, 5) is 22.8. The molecule has 0 saturated heterocycles. The Balaban J connectivity index is 1.63. The second-order valence-corrected chi connectivity index (χ2v) is 6.05. The molecule has 0 atom stereocenters. The van der Waals surface area contributed by atoms with Crippen LogP contribution in [0, 0.1) is 17.0 Å². The smallest absolute Gasteiger partial charge is 0.387 e. The molecule has 9 nitrogen and oxygen atoms in total. The molecule has 0 fully saturated rings. The lowest BCUT2D eigenvalue weighted by atomic mass is 10.2. The van der Waals surface area contributed by atoms with Crippen molar-refractivity contribution in [1.82, 2.24) is 9.78 Å². The molecule has 0 saturated carbocycles. The quantitative estimate of drug-likeness (QED) is 0.438. The summed E-state index contributed by atoms with van der Waals surface area (Å²) in [5, 5.41) is 17.7. The number of aromatic nitrogens is 2. The van der Waals surface area contributed by atoms with Gasteiger partial charge < -0.3 is 14.8 Å². The van der Waals surface area contributed by atoms with Crippen LogP contribution in [-0.4, -0.2) is 27.2 Å². The highest BCUT2D eigenvalue weighted by molar-refractivity contribution is 6.03. The van der Waals surface area contributed by atoms with Crippen molar-refractivity contribution >= 4 is 17.3 Å². The van der Waals surface area contributed by atoms with Gasteiger partial charge in [0.1, 0.15) is 5.75 Å². The fourth-order valence-electron chi connectivity index (χ4n) is 2.56. The van der Waals surface area contributed by atoms with Gasteiger partial charge >= 0.3 is 12.3 Å². The number of nitro benzene ring substituents is 1. The van der Waals surface area contributed by atoms with Gasteiger partial charge in [0.2, 0.25) is 0 Å². The average Bonchev–Trinajstić information content (AvgIpc) is 3.17. The van der Waals surface area contributed by atoms with Crippen molar-refractivity contribution in [2.24, 2.45) is 0 Å². The molecule has 30 heavy (non-hydrogen) atoms. The zero-order valence-corrected chi connectivity index (χ0v) is 15.6. The first kappa shape index (κ1) is 20.7. The lowest BCUT2D eigenvalue weighted by molar-refractivity contribution is -0.386. The number of nitrogens with one attached hydrogen (secondary N) is 1. The topological polar surface area (TPSA) is 109 Å². The Bertz CT molecular complexity index is 1070. The van der Waals surface area contributed by atoms with Crippen molar-refractivity contribution in [1.29, 1.82) is 0 Å². The first-order valence-electron chi connectivity index (χ1n) is 8.60. The van der Waals surface area contributed by atoms with Gasteiger partial charge in [-0.2, -0.15) is 13.9 Å². The second-order valence-electron chi connectivity index (χ2n) is 6.05. The van der Waals surface area contributed by atoms with E-state index in [9.17, 15) is 23.7 Å². The van der Waals surface area contributed by atoms with Crippen molar-refractivity contribution in [3.63, 3.8) is 0 Å². The molecular formula is C19H16F2N4O5. The highest BCUT2D eigenvalue weighted by Gasteiger charge is 2.15. The molecule has 3 aromatic rings. The van der Waals surface area contributed by atoms with E-state index in [1.165, 1.54) is 53.3 Å². The van der Waals surface area contributed by atoms with E-state index in [2.05, 4.69) is 15.2 Å². The summed E-state index contributed by atoms with van der Waals surface area (Å²) < 4.78 is 35.6. The van der Waals surface area contributed by atoms with Crippen LogP contribution in [-0.2, 0) is 6.73 Å². The Morgan fingerprint density at radius 1 is 1.27 bits per heavy atom. The van der Waals surface area contributed by atoms with Gasteiger partial charge in [-0.05, 0) is 42.8 Å². The van der Waals surface area contributed by atoms with E-state index < -0.39 is 17.4 Å². The van der Waals surface area contributed by atoms with E-state index in [0.29, 0.717) is 11.3 Å². The number of halogens is 2. The van der Waals surface area contributed by atoms with Crippen LogP contribution in [0.5, 0.6) is 11.5 Å². The average molecular weight is 418 g/mol. The van der Waals surface area contributed by atoms with E-state index in [1.807, 2.05) is 0 Å². The fraction of sp³-hybridized carbons (Fsp3) is 0.158. The summed E-state index contributed by atoms with van der Waals surface area (Å²) in [7, 11) is 0. The summed E-state index contributed by atoms with van der Waals surface area (Å²) in [6, 6.07) is 11.5. The predicted octanol–water partition coefficient (Wildman–Crippen LogP) is 3.99. The van der Waals surface area contributed by atoms with Gasteiger partial charge in [-0.3, -0.25) is 14.9 Å². The van der Waals surface area contributed by atoms with Crippen molar-refractivity contribution < 1.29 is 28.0 Å². The maximum atomic E-state index is 12.4. The molecule has 3 rings (SSSR count). The van der Waals surface area contributed by atoms with Crippen LogP contribution in [0.1, 0.15) is 16.1 Å². The van der Waals surface area contributed by atoms with Crippen LogP contribution >= 0.6 is 0 Å². The zero-order chi connectivity index (χ0) is 21.7. The standard InChI is InChI=1S/C19H16F2N4O5/c1-12-10-13(30-19(20)21)6-7-14(12)22-18(26)15-8-9-24(23-15)11-29-17-5-3-2-4-16(17)25(27)28/h2-10,19H,11H2,1H3,(H,22,26). The normalized spacial score (nSPS) is 10.7. The van der Waals surface area contributed by atoms with Crippen LogP contribution in [0.25, 0.3) is 0 Å². The summed E-state index contributed by atoms with van der Waals surface area (Å²) in [5.74, 6) is -0.465. The van der Waals surface area contributed by atoms with Gasteiger partial charge in [0.05, 0.1) is 4.92 Å². The van der Waals surface area contributed by atoms with Crippen LogP contribution < -0.4 is 14.8 Å². The third-order valence-electron chi connectivity index (χ3n) is 3.96. The monoisotopic (exact) mass is 418 g/mol. The number of carbonyl (C=O) groups excluding carboxylic acids is 1. The van der Waals surface area contributed by atoms with Crippen LogP contribution in [0.4, 0.5) is 20.2 Å². The van der Waals surface area contributed by atoms with Crippen LogP contribution in [0.3, 0.4) is 0 Å². The van der Waals surface area contributed by atoms with E-state index >= 15 is 0 Å². The number of rotatable bonds is 8. The molecule has 1 amide bonds. The minimum Gasteiger partial charge on any atom is -0.464 e. The number of amides is 1. The third kappa shape index (κ3) is 5.07. The maximum Gasteiger partial charge on any atom is 0.387 e. The first-order valence-corrected chi connectivity index (χ1v) is 8.60. The Morgan fingerprint density at radius 2 is 2.03 bits per heavy atom. The Morgan fingerprint density at radius 3 is 2.73 bits per heavy atom. The lowest BCUT2D eigenvalue weighted by Crippen LogP contribution is -2.15. The van der Waals surface area contributed by atoms with E-state index in [1.54, 1.807) is 13.0 Å². The van der Waals surface area contributed by atoms with Crippen molar-refractivity contribution in [3.05, 3.63) is 76.1 Å². The van der Waals surface area contributed by atoms with Crippen LogP contribution in [0.15, 0.2) is 54.7 Å². The van der Waals surface area contributed by atoms with Gasteiger partial charge in [-0.15, -0.1) is 0 Å². The number of carbonyl (C=O) groups is 1. The SMILES string of the molecule is Cc1cc(OC(F)F)ccc1NC(=O)c1ccn(COc2ccccc2[N+](=O)[O-])n1.